The van der Waals surface area contributed by atoms with Crippen molar-refractivity contribution in [2.24, 2.45) is 0 Å². The Labute approximate surface area is 64.7 Å². The van der Waals surface area contributed by atoms with Crippen LogP contribution in [0.25, 0.3) is 0 Å². The van der Waals surface area contributed by atoms with Gasteiger partial charge in [-0.15, -0.1) is 12.6 Å². The van der Waals surface area contributed by atoms with Crippen LogP contribution in [0.1, 0.15) is 12.6 Å². The number of aromatic nitrogens is 1. The van der Waals surface area contributed by atoms with Crippen LogP contribution < -0.4 is 0 Å². The molecular formula is C7H8FNS. The van der Waals surface area contributed by atoms with E-state index in [9.17, 15) is 4.39 Å². The summed E-state index contributed by atoms with van der Waals surface area (Å²) in [5.41, 5.74) is 0.498. The van der Waals surface area contributed by atoms with Gasteiger partial charge in [0.05, 0.1) is 5.69 Å². The molecule has 0 atom stereocenters. The average Bonchev–Trinajstić information content (AvgIpc) is 1.88. The highest BCUT2D eigenvalue weighted by molar-refractivity contribution is 7.80. The van der Waals surface area contributed by atoms with E-state index in [1.54, 1.807) is 6.20 Å². The molecule has 0 aliphatic rings. The number of thiol groups is 1. The van der Waals surface area contributed by atoms with E-state index in [2.05, 4.69) is 17.6 Å². The van der Waals surface area contributed by atoms with Crippen LogP contribution in [0, 0.1) is 5.82 Å². The van der Waals surface area contributed by atoms with Crippen LogP contribution >= 0.6 is 12.6 Å². The van der Waals surface area contributed by atoms with Crippen LogP contribution in [0.5, 0.6) is 0 Å². The van der Waals surface area contributed by atoms with Crippen molar-refractivity contribution < 1.29 is 4.39 Å². The summed E-state index contributed by atoms with van der Waals surface area (Å²) in [7, 11) is 0. The molecule has 0 amide bonds. The minimum absolute atomic E-state index is 0.269. The molecule has 10 heavy (non-hydrogen) atoms. The summed E-state index contributed by atoms with van der Waals surface area (Å²) < 4.78 is 12.7. The Kier molecular flexibility index (Phi) is 2.27. The molecule has 1 nitrogen and oxygen atoms in total. The molecule has 0 aliphatic heterocycles. The number of nitrogens with zero attached hydrogens (tertiary/aromatic N) is 1. The van der Waals surface area contributed by atoms with E-state index in [0.717, 1.165) is 0 Å². The fourth-order valence-electron chi connectivity index (χ4n) is 0.716. The predicted molar refractivity (Wildman–Crippen MR) is 40.8 cm³/mol. The summed E-state index contributed by atoms with van der Waals surface area (Å²) in [6, 6.07) is 1.37. The first-order valence-electron chi connectivity index (χ1n) is 3.07. The van der Waals surface area contributed by atoms with Gasteiger partial charge in [-0.05, 0) is 12.5 Å². The number of hydrogen-bond donors (Lipinski definition) is 1. The number of hydrogen-bond acceptors (Lipinski definition) is 2. The second kappa shape index (κ2) is 3.01. The third-order valence-electron chi connectivity index (χ3n) is 1.24. The maximum Gasteiger partial charge on any atom is 0.145 e. The van der Waals surface area contributed by atoms with E-state index in [-0.39, 0.29) is 5.82 Å². The maximum atomic E-state index is 12.7. The van der Waals surface area contributed by atoms with Gasteiger partial charge in [0.2, 0.25) is 0 Å². The summed E-state index contributed by atoms with van der Waals surface area (Å²) >= 11 is 3.94. The van der Waals surface area contributed by atoms with Crippen LogP contribution in [0.3, 0.4) is 0 Å². The van der Waals surface area contributed by atoms with Gasteiger partial charge >= 0.3 is 0 Å². The van der Waals surface area contributed by atoms with Crippen molar-refractivity contribution in [1.82, 2.24) is 4.98 Å². The molecule has 0 bridgehead atoms. The van der Waals surface area contributed by atoms with Gasteiger partial charge in [-0.25, -0.2) is 4.39 Å². The second-order valence-corrected chi connectivity index (χ2v) is 2.49. The third-order valence-corrected chi connectivity index (χ3v) is 1.48. The molecule has 1 aromatic rings. The van der Waals surface area contributed by atoms with Gasteiger partial charge in [0.25, 0.3) is 0 Å². The summed E-state index contributed by atoms with van der Waals surface area (Å²) in [6.07, 6.45) is 2.17. The smallest absolute Gasteiger partial charge is 0.145 e. The lowest BCUT2D eigenvalue weighted by molar-refractivity contribution is 0.597. The lowest BCUT2D eigenvalue weighted by atomic mass is 10.3. The summed E-state index contributed by atoms with van der Waals surface area (Å²) in [5.74, 6) is -0.269. The molecule has 0 unspecified atom stereocenters. The highest BCUT2D eigenvalue weighted by atomic mass is 32.1. The van der Waals surface area contributed by atoms with Crippen molar-refractivity contribution >= 4 is 12.6 Å². The SMILES string of the molecule is CCc1ncc(S)cc1F. The van der Waals surface area contributed by atoms with E-state index < -0.39 is 0 Å². The average molecular weight is 157 g/mol. The Hall–Kier alpha value is -0.570. The quantitative estimate of drug-likeness (QED) is 0.616. The van der Waals surface area contributed by atoms with Gasteiger partial charge in [0, 0.05) is 11.1 Å². The number of pyridine rings is 1. The summed E-state index contributed by atoms with van der Waals surface area (Å²) in [5, 5.41) is 0. The minimum Gasteiger partial charge on any atom is -0.257 e. The molecule has 1 aromatic heterocycles. The van der Waals surface area contributed by atoms with Crippen LogP contribution in [-0.4, -0.2) is 4.98 Å². The largest absolute Gasteiger partial charge is 0.257 e. The zero-order valence-corrected chi connectivity index (χ0v) is 6.53. The van der Waals surface area contributed by atoms with Crippen molar-refractivity contribution in [2.75, 3.05) is 0 Å². The molecule has 54 valence electrons. The van der Waals surface area contributed by atoms with Crippen molar-refractivity contribution in [3.05, 3.63) is 23.8 Å². The molecule has 0 radical (unpaired) electrons. The Balaban J connectivity index is 3.07. The number of halogens is 1. The van der Waals surface area contributed by atoms with Gasteiger partial charge in [0.1, 0.15) is 5.82 Å². The van der Waals surface area contributed by atoms with E-state index in [1.165, 1.54) is 6.07 Å². The monoisotopic (exact) mass is 157 g/mol. The second-order valence-electron chi connectivity index (χ2n) is 1.98. The van der Waals surface area contributed by atoms with Crippen LogP contribution in [-0.2, 0) is 6.42 Å². The minimum atomic E-state index is -0.269. The van der Waals surface area contributed by atoms with Gasteiger partial charge < -0.3 is 0 Å². The van der Waals surface area contributed by atoms with Gasteiger partial charge in [-0.1, -0.05) is 6.92 Å². The van der Waals surface area contributed by atoms with Gasteiger partial charge in [0.15, 0.2) is 0 Å². The Bertz CT molecular complexity index is 237. The van der Waals surface area contributed by atoms with E-state index >= 15 is 0 Å². The zero-order valence-electron chi connectivity index (χ0n) is 5.63. The van der Waals surface area contributed by atoms with Crippen molar-refractivity contribution in [2.45, 2.75) is 18.2 Å². The van der Waals surface area contributed by atoms with E-state index in [1.807, 2.05) is 6.92 Å². The van der Waals surface area contributed by atoms with E-state index in [0.29, 0.717) is 17.0 Å². The van der Waals surface area contributed by atoms with Gasteiger partial charge in [-0.2, -0.15) is 0 Å². The molecule has 1 heterocycles. The van der Waals surface area contributed by atoms with Gasteiger partial charge in [-0.3, -0.25) is 4.98 Å². The normalized spacial score (nSPS) is 9.90. The molecular weight excluding hydrogens is 149 g/mol. The molecule has 0 saturated heterocycles. The summed E-state index contributed by atoms with van der Waals surface area (Å²) in [4.78, 5) is 4.41. The highest BCUT2D eigenvalue weighted by Crippen LogP contribution is 2.09. The number of aryl methyl sites for hydroxylation is 1. The van der Waals surface area contributed by atoms with Crippen molar-refractivity contribution in [3.63, 3.8) is 0 Å². The zero-order chi connectivity index (χ0) is 7.56. The lowest BCUT2D eigenvalue weighted by Crippen LogP contribution is -1.91. The fourth-order valence-corrected chi connectivity index (χ4v) is 0.887. The Morgan fingerprint density at radius 2 is 2.40 bits per heavy atom. The first-order chi connectivity index (χ1) is 4.74. The first-order valence-corrected chi connectivity index (χ1v) is 3.52. The first kappa shape index (κ1) is 7.54. The third kappa shape index (κ3) is 1.48. The molecule has 3 heteroatoms. The molecule has 0 saturated carbocycles. The molecule has 0 spiro atoms. The maximum absolute atomic E-state index is 12.7. The summed E-state index contributed by atoms with van der Waals surface area (Å²) in [6.45, 7) is 1.86. The van der Waals surface area contributed by atoms with Crippen LogP contribution in [0.2, 0.25) is 0 Å². The Morgan fingerprint density at radius 1 is 1.70 bits per heavy atom. The van der Waals surface area contributed by atoms with Crippen molar-refractivity contribution in [1.29, 1.82) is 0 Å². The van der Waals surface area contributed by atoms with E-state index in [4.69, 9.17) is 0 Å². The Morgan fingerprint density at radius 3 is 2.90 bits per heavy atom. The van der Waals surface area contributed by atoms with Crippen LogP contribution in [0.15, 0.2) is 17.2 Å². The van der Waals surface area contributed by atoms with Crippen molar-refractivity contribution in [3.8, 4) is 0 Å². The topological polar surface area (TPSA) is 12.9 Å². The molecule has 0 fully saturated rings. The molecule has 0 aromatic carbocycles. The molecule has 0 aliphatic carbocycles. The lowest BCUT2D eigenvalue weighted by Gasteiger charge is -1.97. The number of rotatable bonds is 1. The molecule has 1 rings (SSSR count). The molecule has 0 N–H and O–H groups in total. The van der Waals surface area contributed by atoms with Crippen LogP contribution in [0.4, 0.5) is 4.39 Å². The highest BCUT2D eigenvalue weighted by Gasteiger charge is 1.99. The predicted octanol–water partition coefficient (Wildman–Crippen LogP) is 2.07. The fraction of sp³-hybridized carbons (Fsp3) is 0.286. The standard InChI is InChI=1S/C7H8FNS/c1-2-7-6(8)3-5(10)4-9-7/h3-4,10H,2H2,1H3.